The second-order valence-corrected chi connectivity index (χ2v) is 5.70. The zero-order chi connectivity index (χ0) is 16.9. The molecule has 2 aromatic carbocycles. The van der Waals surface area contributed by atoms with E-state index in [-0.39, 0.29) is 6.54 Å². The van der Waals surface area contributed by atoms with Crippen LogP contribution in [0, 0.1) is 0 Å². The minimum absolute atomic E-state index is 0.104. The van der Waals surface area contributed by atoms with Crippen LogP contribution in [0.2, 0.25) is 10.0 Å². The molecule has 0 radical (unpaired) electrons. The van der Waals surface area contributed by atoms with Crippen molar-refractivity contribution in [3.63, 3.8) is 0 Å². The van der Waals surface area contributed by atoms with Gasteiger partial charge in [-0.2, -0.15) is 0 Å². The molecule has 6 nitrogen and oxygen atoms in total. The van der Waals surface area contributed by atoms with E-state index in [0.29, 0.717) is 27.5 Å². The van der Waals surface area contributed by atoms with Crippen molar-refractivity contribution in [2.75, 3.05) is 5.32 Å². The monoisotopic (exact) mass is 362 g/mol. The third-order valence-electron chi connectivity index (χ3n) is 3.04. The van der Waals surface area contributed by atoms with E-state index in [0.717, 1.165) is 5.56 Å². The van der Waals surface area contributed by atoms with Crippen LogP contribution in [-0.4, -0.2) is 16.2 Å². The lowest BCUT2D eigenvalue weighted by molar-refractivity contribution is 0.250. The molecule has 3 rings (SSSR count). The van der Waals surface area contributed by atoms with E-state index in [9.17, 15) is 4.79 Å². The molecule has 0 aliphatic rings. The summed E-state index contributed by atoms with van der Waals surface area (Å²) in [6.45, 7) is 0.104. The molecule has 2 amide bonds. The Hall–Kier alpha value is -2.57. The van der Waals surface area contributed by atoms with Gasteiger partial charge in [-0.05, 0) is 42.5 Å². The number of anilines is 1. The number of carbonyl (C=O) groups excluding carboxylic acids is 1. The van der Waals surface area contributed by atoms with Crippen molar-refractivity contribution in [3.8, 4) is 11.5 Å². The summed E-state index contributed by atoms with van der Waals surface area (Å²) >= 11 is 11.7. The molecule has 0 fully saturated rings. The van der Waals surface area contributed by atoms with Crippen molar-refractivity contribution in [1.29, 1.82) is 0 Å². The Morgan fingerprint density at radius 3 is 2.58 bits per heavy atom. The Morgan fingerprint density at radius 2 is 1.83 bits per heavy atom. The summed E-state index contributed by atoms with van der Waals surface area (Å²) in [7, 11) is 0. The number of nitrogens with zero attached hydrogens (tertiary/aromatic N) is 2. The summed E-state index contributed by atoms with van der Waals surface area (Å²) < 4.78 is 5.50. The Labute approximate surface area is 147 Å². The van der Waals surface area contributed by atoms with E-state index >= 15 is 0 Å². The Bertz CT molecular complexity index is 849. The third kappa shape index (κ3) is 4.24. The van der Waals surface area contributed by atoms with E-state index in [1.165, 1.54) is 0 Å². The molecule has 0 bridgehead atoms. The predicted octanol–water partition coefficient (Wildman–Crippen LogP) is 4.37. The second-order valence-electron chi connectivity index (χ2n) is 4.83. The van der Waals surface area contributed by atoms with Crippen LogP contribution in [-0.2, 0) is 6.54 Å². The van der Waals surface area contributed by atoms with Crippen LogP contribution < -0.4 is 10.6 Å². The Morgan fingerprint density at radius 1 is 1.04 bits per heavy atom. The molecule has 0 atom stereocenters. The van der Waals surface area contributed by atoms with Gasteiger partial charge in [-0.1, -0.05) is 29.3 Å². The largest absolute Gasteiger partial charge is 0.419 e. The topological polar surface area (TPSA) is 80.1 Å². The maximum Gasteiger partial charge on any atom is 0.319 e. The van der Waals surface area contributed by atoms with E-state index in [1.54, 1.807) is 48.5 Å². The van der Waals surface area contributed by atoms with Crippen LogP contribution in [0.5, 0.6) is 0 Å². The number of benzene rings is 2. The summed E-state index contributed by atoms with van der Waals surface area (Å²) in [6, 6.07) is 13.5. The van der Waals surface area contributed by atoms with Gasteiger partial charge in [-0.25, -0.2) is 4.79 Å². The van der Waals surface area contributed by atoms with Gasteiger partial charge in [0.15, 0.2) is 0 Å². The highest BCUT2D eigenvalue weighted by Crippen LogP contribution is 2.20. The van der Waals surface area contributed by atoms with Gasteiger partial charge in [0.05, 0.1) is 6.54 Å². The highest BCUT2D eigenvalue weighted by atomic mass is 35.5. The van der Waals surface area contributed by atoms with E-state index in [2.05, 4.69) is 20.8 Å². The SMILES string of the molecule is O=C(NCc1nnc(-c2ccc(Cl)cc2)o1)Nc1cccc(Cl)c1. The summed E-state index contributed by atoms with van der Waals surface area (Å²) in [6.07, 6.45) is 0. The number of carbonyl (C=O) groups is 1. The highest BCUT2D eigenvalue weighted by Gasteiger charge is 2.10. The van der Waals surface area contributed by atoms with Crippen molar-refractivity contribution in [2.45, 2.75) is 6.54 Å². The molecule has 24 heavy (non-hydrogen) atoms. The fourth-order valence-corrected chi connectivity index (χ4v) is 2.25. The molecule has 8 heteroatoms. The molecule has 122 valence electrons. The highest BCUT2D eigenvalue weighted by molar-refractivity contribution is 6.31. The van der Waals surface area contributed by atoms with Gasteiger partial charge in [0, 0.05) is 21.3 Å². The molecule has 1 heterocycles. The van der Waals surface area contributed by atoms with E-state index in [1.807, 2.05) is 0 Å². The van der Waals surface area contributed by atoms with Crippen molar-refractivity contribution < 1.29 is 9.21 Å². The summed E-state index contributed by atoms with van der Waals surface area (Å²) in [4.78, 5) is 11.8. The lowest BCUT2D eigenvalue weighted by Gasteiger charge is -2.05. The molecule has 0 saturated carbocycles. The van der Waals surface area contributed by atoms with Crippen molar-refractivity contribution >= 4 is 34.9 Å². The Balaban J connectivity index is 1.57. The molecular formula is C16H12Cl2N4O2. The maximum atomic E-state index is 11.8. The summed E-state index contributed by atoms with van der Waals surface area (Å²) in [5.41, 5.74) is 1.34. The molecule has 0 aliphatic carbocycles. The average Bonchev–Trinajstić information content (AvgIpc) is 3.03. The maximum absolute atomic E-state index is 11.8. The standard InChI is InChI=1S/C16H12Cl2N4O2/c17-11-6-4-10(5-7-11)15-22-21-14(24-15)9-19-16(23)20-13-3-1-2-12(18)8-13/h1-8H,9H2,(H2,19,20,23). The number of nitrogens with one attached hydrogen (secondary N) is 2. The number of halogens is 2. The first kappa shape index (κ1) is 16.3. The van der Waals surface area contributed by atoms with Crippen LogP contribution in [0.3, 0.4) is 0 Å². The number of urea groups is 1. The molecule has 0 unspecified atom stereocenters. The van der Waals surface area contributed by atoms with Gasteiger partial charge in [0.1, 0.15) is 0 Å². The van der Waals surface area contributed by atoms with Crippen LogP contribution in [0.1, 0.15) is 5.89 Å². The van der Waals surface area contributed by atoms with Crippen LogP contribution in [0.25, 0.3) is 11.5 Å². The molecule has 0 aliphatic heterocycles. The average molecular weight is 363 g/mol. The number of rotatable bonds is 4. The third-order valence-corrected chi connectivity index (χ3v) is 3.53. The van der Waals surface area contributed by atoms with Crippen molar-refractivity contribution in [3.05, 3.63) is 64.5 Å². The molecule has 0 saturated heterocycles. The normalized spacial score (nSPS) is 10.4. The van der Waals surface area contributed by atoms with E-state index in [4.69, 9.17) is 27.6 Å². The van der Waals surface area contributed by atoms with Gasteiger partial charge in [0.2, 0.25) is 11.8 Å². The smallest absolute Gasteiger partial charge is 0.319 e. The number of amides is 2. The summed E-state index contributed by atoms with van der Waals surface area (Å²) in [5, 5.41) is 14.3. The fourth-order valence-electron chi connectivity index (χ4n) is 1.93. The minimum atomic E-state index is -0.400. The quantitative estimate of drug-likeness (QED) is 0.722. The minimum Gasteiger partial charge on any atom is -0.419 e. The van der Waals surface area contributed by atoms with E-state index < -0.39 is 6.03 Å². The van der Waals surface area contributed by atoms with Gasteiger partial charge in [-0.15, -0.1) is 10.2 Å². The first-order chi connectivity index (χ1) is 11.6. The molecule has 3 aromatic rings. The van der Waals surface area contributed by atoms with Crippen LogP contribution >= 0.6 is 23.2 Å². The number of hydrogen-bond acceptors (Lipinski definition) is 4. The summed E-state index contributed by atoms with van der Waals surface area (Å²) in [5.74, 6) is 0.653. The Kier molecular flexibility index (Phi) is 4.98. The van der Waals surface area contributed by atoms with Crippen molar-refractivity contribution in [1.82, 2.24) is 15.5 Å². The van der Waals surface area contributed by atoms with Gasteiger partial charge < -0.3 is 15.1 Å². The van der Waals surface area contributed by atoms with Crippen LogP contribution in [0.4, 0.5) is 10.5 Å². The van der Waals surface area contributed by atoms with Crippen LogP contribution in [0.15, 0.2) is 52.9 Å². The fraction of sp³-hybridized carbons (Fsp3) is 0.0625. The van der Waals surface area contributed by atoms with Gasteiger partial charge >= 0.3 is 6.03 Å². The second kappa shape index (κ2) is 7.33. The lowest BCUT2D eigenvalue weighted by atomic mass is 10.2. The number of aromatic nitrogens is 2. The van der Waals surface area contributed by atoms with Gasteiger partial charge in [-0.3, -0.25) is 0 Å². The first-order valence-corrected chi connectivity index (χ1v) is 7.74. The van der Waals surface area contributed by atoms with Gasteiger partial charge in [0.25, 0.3) is 0 Å². The number of hydrogen-bond donors (Lipinski definition) is 2. The zero-order valence-corrected chi connectivity index (χ0v) is 13.8. The lowest BCUT2D eigenvalue weighted by Crippen LogP contribution is -2.28. The zero-order valence-electron chi connectivity index (χ0n) is 12.3. The molecule has 1 aromatic heterocycles. The predicted molar refractivity (Wildman–Crippen MR) is 92.1 cm³/mol. The molecule has 2 N–H and O–H groups in total. The molecule has 0 spiro atoms. The molecular weight excluding hydrogens is 351 g/mol. The van der Waals surface area contributed by atoms with Crippen molar-refractivity contribution in [2.24, 2.45) is 0 Å². The first-order valence-electron chi connectivity index (χ1n) is 6.99.